The van der Waals surface area contributed by atoms with Gasteiger partial charge in [0.15, 0.2) is 0 Å². The summed E-state index contributed by atoms with van der Waals surface area (Å²) < 4.78 is 0. The lowest BCUT2D eigenvalue weighted by molar-refractivity contribution is 0.480. The molecule has 0 bridgehead atoms. The van der Waals surface area contributed by atoms with Crippen LogP contribution in [0.4, 0.5) is 5.69 Å². The van der Waals surface area contributed by atoms with E-state index in [1.54, 1.807) is 0 Å². The highest BCUT2D eigenvalue weighted by molar-refractivity contribution is 7.98. The Labute approximate surface area is 122 Å². The predicted molar refractivity (Wildman–Crippen MR) is 87.2 cm³/mol. The maximum absolute atomic E-state index is 3.71. The number of benzene rings is 1. The van der Waals surface area contributed by atoms with E-state index in [1.165, 1.54) is 42.8 Å². The van der Waals surface area contributed by atoms with Crippen molar-refractivity contribution in [3.8, 4) is 0 Å². The number of anilines is 1. The highest BCUT2D eigenvalue weighted by atomic mass is 32.2. The second-order valence-corrected chi connectivity index (χ2v) is 6.27. The fraction of sp³-hybridized carbons (Fsp3) is 0.625. The summed E-state index contributed by atoms with van der Waals surface area (Å²) in [7, 11) is 0. The molecule has 0 amide bonds. The first kappa shape index (κ1) is 14.7. The number of hydrogen-bond donors (Lipinski definition) is 1. The van der Waals surface area contributed by atoms with Crippen LogP contribution in [0.15, 0.2) is 24.3 Å². The van der Waals surface area contributed by atoms with E-state index in [0.29, 0.717) is 6.04 Å². The zero-order valence-corrected chi connectivity index (χ0v) is 13.0. The van der Waals surface area contributed by atoms with Crippen molar-refractivity contribution in [1.29, 1.82) is 0 Å². The fourth-order valence-corrected chi connectivity index (χ4v) is 3.22. The van der Waals surface area contributed by atoms with Crippen LogP contribution in [0.2, 0.25) is 0 Å². The Balaban J connectivity index is 2.09. The van der Waals surface area contributed by atoms with Crippen molar-refractivity contribution in [3.05, 3.63) is 29.8 Å². The van der Waals surface area contributed by atoms with Crippen molar-refractivity contribution < 1.29 is 0 Å². The van der Waals surface area contributed by atoms with E-state index in [4.69, 9.17) is 0 Å². The Morgan fingerprint density at radius 3 is 3.00 bits per heavy atom. The van der Waals surface area contributed by atoms with Gasteiger partial charge in [0.25, 0.3) is 0 Å². The molecule has 3 heteroatoms. The van der Waals surface area contributed by atoms with Gasteiger partial charge >= 0.3 is 0 Å². The Hall–Kier alpha value is -0.670. The van der Waals surface area contributed by atoms with Crippen LogP contribution in [-0.4, -0.2) is 31.1 Å². The number of hydrogen-bond acceptors (Lipinski definition) is 3. The third-order valence-electron chi connectivity index (χ3n) is 3.77. The molecule has 0 aliphatic carbocycles. The summed E-state index contributed by atoms with van der Waals surface area (Å²) in [6.07, 6.45) is 5.99. The van der Waals surface area contributed by atoms with E-state index in [1.807, 2.05) is 11.8 Å². The Kier molecular flexibility index (Phi) is 6.05. The number of nitrogens with zero attached hydrogens (tertiary/aromatic N) is 1. The molecule has 0 fully saturated rings. The molecule has 1 aromatic rings. The van der Waals surface area contributed by atoms with Gasteiger partial charge in [-0.05, 0) is 36.5 Å². The van der Waals surface area contributed by atoms with Crippen molar-refractivity contribution in [2.24, 2.45) is 0 Å². The van der Waals surface area contributed by atoms with Gasteiger partial charge in [0.2, 0.25) is 0 Å². The molecule has 1 aliphatic rings. The van der Waals surface area contributed by atoms with Crippen LogP contribution in [0.1, 0.15) is 31.7 Å². The minimum atomic E-state index is 0.631. The largest absolute Gasteiger partial charge is 0.370 e. The van der Waals surface area contributed by atoms with Crippen LogP contribution in [-0.2, 0) is 6.54 Å². The lowest BCUT2D eigenvalue weighted by Crippen LogP contribution is -2.38. The Morgan fingerprint density at radius 2 is 2.21 bits per heavy atom. The number of rotatable bonds is 6. The van der Waals surface area contributed by atoms with Crippen molar-refractivity contribution in [2.75, 3.05) is 30.0 Å². The SMILES string of the molecule is CCCC1CN(CCCSC)c2ccccc2CN1. The number of fused-ring (bicyclic) bond motifs is 1. The molecule has 1 unspecified atom stereocenters. The van der Waals surface area contributed by atoms with Crippen molar-refractivity contribution >= 4 is 17.4 Å². The van der Waals surface area contributed by atoms with Crippen LogP contribution < -0.4 is 10.2 Å². The van der Waals surface area contributed by atoms with Gasteiger partial charge in [-0.25, -0.2) is 0 Å². The van der Waals surface area contributed by atoms with Gasteiger partial charge in [-0.15, -0.1) is 0 Å². The van der Waals surface area contributed by atoms with Gasteiger partial charge < -0.3 is 10.2 Å². The molecule has 0 saturated carbocycles. The quantitative estimate of drug-likeness (QED) is 0.802. The van der Waals surface area contributed by atoms with Crippen LogP contribution in [0.3, 0.4) is 0 Å². The minimum absolute atomic E-state index is 0.631. The molecule has 0 saturated heterocycles. The average molecular weight is 278 g/mol. The Morgan fingerprint density at radius 1 is 1.37 bits per heavy atom. The summed E-state index contributed by atoms with van der Waals surface area (Å²) in [4.78, 5) is 2.59. The van der Waals surface area contributed by atoms with Crippen LogP contribution >= 0.6 is 11.8 Å². The Bertz CT molecular complexity index is 381. The first-order valence-corrected chi connectivity index (χ1v) is 8.79. The fourth-order valence-electron chi connectivity index (χ4n) is 2.81. The molecule has 1 aliphatic heterocycles. The summed E-state index contributed by atoms with van der Waals surface area (Å²) in [6, 6.07) is 9.50. The van der Waals surface area contributed by atoms with Gasteiger partial charge in [0, 0.05) is 31.4 Å². The smallest absolute Gasteiger partial charge is 0.0412 e. The van der Waals surface area contributed by atoms with Gasteiger partial charge in [-0.3, -0.25) is 0 Å². The lowest BCUT2D eigenvalue weighted by atomic mass is 10.1. The average Bonchev–Trinajstić information content (AvgIpc) is 2.60. The molecule has 2 rings (SSSR count). The number of nitrogens with one attached hydrogen (secondary N) is 1. The van der Waals surface area contributed by atoms with Crippen molar-refractivity contribution in [2.45, 2.75) is 38.8 Å². The monoisotopic (exact) mass is 278 g/mol. The standard InChI is InChI=1S/C16H26N2S/c1-3-7-15-13-18(10-6-11-19-2)16-9-5-4-8-14(16)12-17-15/h4-5,8-9,15,17H,3,6-7,10-13H2,1-2H3. The second-order valence-electron chi connectivity index (χ2n) is 5.29. The molecule has 0 radical (unpaired) electrons. The van der Waals surface area contributed by atoms with Gasteiger partial charge in [-0.2, -0.15) is 11.8 Å². The minimum Gasteiger partial charge on any atom is -0.370 e. The molecular weight excluding hydrogens is 252 g/mol. The van der Waals surface area contributed by atoms with Gasteiger partial charge in [0.1, 0.15) is 0 Å². The molecule has 1 N–H and O–H groups in total. The predicted octanol–water partition coefficient (Wildman–Crippen LogP) is 3.52. The molecular formula is C16H26N2S. The van der Waals surface area contributed by atoms with E-state index in [0.717, 1.165) is 13.1 Å². The zero-order valence-electron chi connectivity index (χ0n) is 12.2. The van der Waals surface area contributed by atoms with Crippen LogP contribution in [0.25, 0.3) is 0 Å². The van der Waals surface area contributed by atoms with Gasteiger partial charge in [-0.1, -0.05) is 31.5 Å². The molecule has 1 aromatic carbocycles. The zero-order chi connectivity index (χ0) is 13.5. The van der Waals surface area contributed by atoms with Crippen molar-refractivity contribution in [3.63, 3.8) is 0 Å². The van der Waals surface area contributed by atoms with Crippen LogP contribution in [0, 0.1) is 0 Å². The third kappa shape index (κ3) is 4.15. The molecule has 106 valence electrons. The molecule has 0 spiro atoms. The maximum Gasteiger partial charge on any atom is 0.0412 e. The molecule has 2 nitrogen and oxygen atoms in total. The van der Waals surface area contributed by atoms with E-state index in [9.17, 15) is 0 Å². The van der Waals surface area contributed by atoms with E-state index in [2.05, 4.69) is 47.7 Å². The van der Waals surface area contributed by atoms with Crippen LogP contribution in [0.5, 0.6) is 0 Å². The summed E-state index contributed by atoms with van der Waals surface area (Å²) in [5.74, 6) is 1.25. The van der Waals surface area contributed by atoms with E-state index in [-0.39, 0.29) is 0 Å². The highest BCUT2D eigenvalue weighted by Gasteiger charge is 2.20. The second kappa shape index (κ2) is 7.81. The molecule has 1 atom stereocenters. The topological polar surface area (TPSA) is 15.3 Å². The van der Waals surface area contributed by atoms with E-state index >= 15 is 0 Å². The summed E-state index contributed by atoms with van der Waals surface area (Å²) in [5, 5.41) is 3.71. The first-order chi connectivity index (χ1) is 9.35. The maximum atomic E-state index is 3.71. The highest BCUT2D eigenvalue weighted by Crippen LogP contribution is 2.24. The normalized spacial score (nSPS) is 19.1. The number of para-hydroxylation sites is 1. The summed E-state index contributed by atoms with van der Waals surface area (Å²) in [5.41, 5.74) is 2.89. The molecule has 1 heterocycles. The summed E-state index contributed by atoms with van der Waals surface area (Å²) >= 11 is 1.95. The molecule has 19 heavy (non-hydrogen) atoms. The summed E-state index contributed by atoms with van der Waals surface area (Å²) in [6.45, 7) is 5.62. The van der Waals surface area contributed by atoms with E-state index < -0.39 is 0 Å². The first-order valence-electron chi connectivity index (χ1n) is 7.40. The third-order valence-corrected chi connectivity index (χ3v) is 4.46. The lowest BCUT2D eigenvalue weighted by Gasteiger charge is -2.27. The molecule has 0 aromatic heterocycles. The van der Waals surface area contributed by atoms with Crippen molar-refractivity contribution in [1.82, 2.24) is 5.32 Å². The number of thioether (sulfide) groups is 1. The van der Waals surface area contributed by atoms with Gasteiger partial charge in [0.05, 0.1) is 0 Å².